The van der Waals surface area contributed by atoms with Gasteiger partial charge in [-0.15, -0.1) is 0 Å². The van der Waals surface area contributed by atoms with Crippen LogP contribution >= 0.6 is 0 Å². The van der Waals surface area contributed by atoms with Crippen molar-refractivity contribution in [2.45, 2.75) is 231 Å². The Balaban J connectivity index is 3.63. The summed E-state index contributed by atoms with van der Waals surface area (Å²) < 4.78 is 0. The zero-order valence-corrected chi connectivity index (χ0v) is 30.3. The molecule has 0 fully saturated rings. The highest BCUT2D eigenvalue weighted by molar-refractivity contribution is 5.76. The maximum Gasteiger partial charge on any atom is 0.222 e. The molecule has 0 aromatic rings. The first-order valence-corrected chi connectivity index (χ1v) is 20.0. The number of carbonyl (C=O) groups is 1. The van der Waals surface area contributed by atoms with Crippen molar-refractivity contribution >= 4 is 5.91 Å². The highest BCUT2D eigenvalue weighted by atomic mass is 16.3. The molecule has 0 radical (unpaired) electrons. The normalized spacial score (nSPS) is 13.8. The van der Waals surface area contributed by atoms with Crippen molar-refractivity contribution in [3.63, 3.8) is 0 Å². The Bertz CT molecular complexity index is 625. The van der Waals surface area contributed by atoms with Gasteiger partial charge in [0, 0.05) is 0 Å². The van der Waals surface area contributed by atoms with Crippen LogP contribution in [0.1, 0.15) is 213 Å². The van der Waals surface area contributed by atoms with Crippen LogP contribution in [0.3, 0.4) is 0 Å². The third kappa shape index (κ3) is 32.8. The van der Waals surface area contributed by atoms with E-state index in [2.05, 4.69) is 19.2 Å². The number of amides is 1. The number of hydrogen-bond donors (Lipinski definition) is 4. The van der Waals surface area contributed by atoms with E-state index in [0.717, 1.165) is 25.7 Å². The minimum Gasteiger partial charge on any atom is -0.394 e. The van der Waals surface area contributed by atoms with Gasteiger partial charge in [-0.2, -0.15) is 0 Å². The van der Waals surface area contributed by atoms with Crippen LogP contribution in [-0.2, 0) is 4.79 Å². The lowest BCUT2D eigenvalue weighted by Crippen LogP contribution is -2.45. The summed E-state index contributed by atoms with van der Waals surface area (Å²) in [5.74, 6) is -0.314. The fraction of sp³-hybridized carbons (Fsp3) is 0.925. The Hall–Kier alpha value is -0.910. The van der Waals surface area contributed by atoms with E-state index in [1.54, 1.807) is 6.08 Å². The van der Waals surface area contributed by atoms with E-state index in [1.165, 1.54) is 161 Å². The van der Waals surface area contributed by atoms with Crippen LogP contribution in [0.25, 0.3) is 0 Å². The van der Waals surface area contributed by atoms with E-state index in [0.29, 0.717) is 6.42 Å². The molecular weight excluding hydrogens is 558 g/mol. The van der Waals surface area contributed by atoms with Crippen molar-refractivity contribution in [2.75, 3.05) is 6.61 Å². The first-order valence-electron chi connectivity index (χ1n) is 20.0. The molecule has 0 aliphatic carbocycles. The minimum atomic E-state index is -0.922. The third-order valence-electron chi connectivity index (χ3n) is 9.32. The van der Waals surface area contributed by atoms with Crippen molar-refractivity contribution in [1.82, 2.24) is 5.32 Å². The summed E-state index contributed by atoms with van der Waals surface area (Å²) in [5, 5.41) is 33.1. The molecule has 0 aliphatic heterocycles. The lowest BCUT2D eigenvalue weighted by Gasteiger charge is -2.21. The van der Waals surface area contributed by atoms with Gasteiger partial charge >= 0.3 is 0 Å². The molecule has 1 amide bonds. The molecule has 0 aromatic carbocycles. The van der Waals surface area contributed by atoms with Gasteiger partial charge in [-0.3, -0.25) is 4.79 Å². The maximum atomic E-state index is 12.4. The van der Waals surface area contributed by atoms with Gasteiger partial charge in [-0.05, 0) is 19.3 Å². The van der Waals surface area contributed by atoms with Gasteiger partial charge in [0.25, 0.3) is 0 Å². The number of unbranched alkanes of at least 4 members (excludes halogenated alkanes) is 27. The monoisotopic (exact) mass is 638 g/mol. The Labute approximate surface area is 280 Å². The fourth-order valence-corrected chi connectivity index (χ4v) is 6.22. The van der Waals surface area contributed by atoms with Gasteiger partial charge in [0.15, 0.2) is 0 Å². The first kappa shape index (κ1) is 44.1. The fourth-order valence-electron chi connectivity index (χ4n) is 6.22. The average molecular weight is 638 g/mol. The summed E-state index contributed by atoms with van der Waals surface area (Å²) in [4.78, 5) is 12.4. The number of aliphatic hydroxyl groups is 3. The van der Waals surface area contributed by atoms with E-state index < -0.39 is 18.2 Å². The molecule has 3 unspecified atom stereocenters. The number of hydrogen-bond acceptors (Lipinski definition) is 4. The number of nitrogens with one attached hydrogen (secondary N) is 1. The molecule has 3 atom stereocenters. The lowest BCUT2D eigenvalue weighted by molar-refractivity contribution is -0.124. The SMILES string of the molecule is CCCCCCCCCCC/C=C/C(O)C(CO)NC(=O)CC(O)CCCCCCCCCCCCCCCCCCCCC. The summed E-state index contributed by atoms with van der Waals surface area (Å²) in [5.41, 5.74) is 0. The van der Waals surface area contributed by atoms with Gasteiger partial charge in [-0.1, -0.05) is 199 Å². The second-order valence-corrected chi connectivity index (χ2v) is 13.9. The summed E-state index contributed by atoms with van der Waals surface area (Å²) >= 11 is 0. The summed E-state index contributed by atoms with van der Waals surface area (Å²) in [6.07, 6.45) is 40.6. The van der Waals surface area contributed by atoms with E-state index in [-0.39, 0.29) is 18.9 Å². The molecule has 0 spiro atoms. The number of allylic oxidation sites excluding steroid dienone is 1. The molecule has 4 N–H and O–H groups in total. The predicted molar refractivity (Wildman–Crippen MR) is 195 cm³/mol. The van der Waals surface area contributed by atoms with Crippen molar-refractivity contribution in [3.05, 3.63) is 12.2 Å². The van der Waals surface area contributed by atoms with E-state index in [4.69, 9.17) is 0 Å². The average Bonchev–Trinajstić information content (AvgIpc) is 3.03. The molecule has 5 nitrogen and oxygen atoms in total. The Morgan fingerprint density at radius 2 is 0.911 bits per heavy atom. The van der Waals surface area contributed by atoms with Crippen LogP contribution in [0.4, 0.5) is 0 Å². The molecule has 45 heavy (non-hydrogen) atoms. The number of aliphatic hydroxyl groups excluding tert-OH is 3. The van der Waals surface area contributed by atoms with Crippen molar-refractivity contribution in [3.8, 4) is 0 Å². The van der Waals surface area contributed by atoms with Crippen LogP contribution in [0.15, 0.2) is 12.2 Å². The zero-order chi connectivity index (χ0) is 33.1. The van der Waals surface area contributed by atoms with Crippen LogP contribution in [0.2, 0.25) is 0 Å². The largest absolute Gasteiger partial charge is 0.394 e. The van der Waals surface area contributed by atoms with E-state index >= 15 is 0 Å². The summed E-state index contributed by atoms with van der Waals surface area (Å²) in [6, 6.07) is -0.737. The van der Waals surface area contributed by atoms with Crippen molar-refractivity contribution in [2.24, 2.45) is 0 Å². The standard InChI is InChI=1S/C40H79NO4/c1-3-5-7-9-11-13-15-16-17-18-19-20-21-22-24-25-27-29-31-33-37(43)35-40(45)41-38(36-42)39(44)34-32-30-28-26-23-14-12-10-8-6-4-2/h32,34,37-39,42-44H,3-31,33,35-36H2,1-2H3,(H,41,45)/b34-32+. The summed E-state index contributed by atoms with van der Waals surface area (Å²) in [7, 11) is 0. The molecule has 0 saturated carbocycles. The highest BCUT2D eigenvalue weighted by Gasteiger charge is 2.20. The molecule has 5 heteroatoms. The molecule has 268 valence electrons. The van der Waals surface area contributed by atoms with Gasteiger partial charge in [-0.25, -0.2) is 0 Å². The van der Waals surface area contributed by atoms with Crippen molar-refractivity contribution < 1.29 is 20.1 Å². The number of carbonyl (C=O) groups excluding carboxylic acids is 1. The van der Waals surface area contributed by atoms with Crippen LogP contribution < -0.4 is 5.32 Å². The molecule has 0 rings (SSSR count). The lowest BCUT2D eigenvalue weighted by atomic mass is 10.0. The van der Waals surface area contributed by atoms with Crippen LogP contribution in [0.5, 0.6) is 0 Å². The topological polar surface area (TPSA) is 89.8 Å². The van der Waals surface area contributed by atoms with Gasteiger partial charge in [0.2, 0.25) is 5.91 Å². The zero-order valence-electron chi connectivity index (χ0n) is 30.3. The highest BCUT2D eigenvalue weighted by Crippen LogP contribution is 2.16. The van der Waals surface area contributed by atoms with E-state index in [1.807, 2.05) is 6.08 Å². The molecule has 0 aliphatic rings. The Kier molecular flexibility index (Phi) is 35.2. The van der Waals surface area contributed by atoms with Gasteiger partial charge in [0.1, 0.15) is 0 Å². The predicted octanol–water partition coefficient (Wildman–Crippen LogP) is 10.9. The maximum absolute atomic E-state index is 12.4. The third-order valence-corrected chi connectivity index (χ3v) is 9.32. The van der Waals surface area contributed by atoms with Gasteiger partial charge < -0.3 is 20.6 Å². The van der Waals surface area contributed by atoms with Gasteiger partial charge in [0.05, 0.1) is 31.3 Å². The minimum absolute atomic E-state index is 0.0183. The van der Waals surface area contributed by atoms with Crippen molar-refractivity contribution in [1.29, 1.82) is 0 Å². The molecule has 0 saturated heterocycles. The summed E-state index contributed by atoms with van der Waals surface area (Å²) in [6.45, 7) is 4.20. The Morgan fingerprint density at radius 1 is 0.556 bits per heavy atom. The molecule has 0 bridgehead atoms. The molecular formula is C40H79NO4. The smallest absolute Gasteiger partial charge is 0.222 e. The van der Waals surface area contributed by atoms with Crippen LogP contribution in [-0.4, -0.2) is 46.1 Å². The molecule has 0 aromatic heterocycles. The molecule has 0 heterocycles. The Morgan fingerprint density at radius 3 is 1.29 bits per heavy atom. The van der Waals surface area contributed by atoms with E-state index in [9.17, 15) is 20.1 Å². The van der Waals surface area contributed by atoms with Crippen LogP contribution in [0, 0.1) is 0 Å². The first-order chi connectivity index (χ1) is 22.0. The second kappa shape index (κ2) is 35.9. The second-order valence-electron chi connectivity index (χ2n) is 13.9. The number of rotatable bonds is 36. The quantitative estimate of drug-likeness (QED) is 0.0406.